The molecule has 0 bridgehead atoms. The van der Waals surface area contributed by atoms with Gasteiger partial charge in [-0.25, -0.2) is 0 Å². The van der Waals surface area contributed by atoms with E-state index in [-0.39, 0.29) is 16.3 Å². The Morgan fingerprint density at radius 1 is 1.17 bits per heavy atom. The lowest BCUT2D eigenvalue weighted by atomic mass is 9.89. The Kier molecular flexibility index (Phi) is 4.66. The minimum absolute atomic E-state index is 0.141. The second-order valence-electron chi connectivity index (χ2n) is 6.42. The van der Waals surface area contributed by atoms with E-state index in [0.29, 0.717) is 6.54 Å². The summed E-state index contributed by atoms with van der Waals surface area (Å²) in [6.45, 7) is 5.34. The van der Waals surface area contributed by atoms with Gasteiger partial charge in [0.25, 0.3) is 0 Å². The predicted octanol–water partition coefficient (Wildman–Crippen LogP) is 3.74. The molecule has 2 heterocycles. The molecule has 1 N–H and O–H groups in total. The second-order valence-corrected chi connectivity index (χ2v) is 6.83. The van der Waals surface area contributed by atoms with Crippen LogP contribution >= 0.6 is 11.6 Å². The molecular weight excluding hydrogens is 331 g/mol. The Labute approximate surface area is 137 Å². The first-order valence-corrected chi connectivity index (χ1v) is 7.40. The van der Waals surface area contributed by atoms with Crippen LogP contribution in [0.4, 0.5) is 19.0 Å². The normalized spacial score (nSPS) is 12.7. The highest BCUT2D eigenvalue weighted by Gasteiger charge is 2.29. The first-order valence-electron chi connectivity index (χ1n) is 7.02. The van der Waals surface area contributed by atoms with Crippen LogP contribution in [0, 0.1) is 0 Å². The van der Waals surface area contributed by atoms with Gasteiger partial charge in [-0.2, -0.15) is 23.4 Å². The van der Waals surface area contributed by atoms with Crippen molar-refractivity contribution in [3.63, 3.8) is 0 Å². The molecule has 0 unspecified atom stereocenters. The van der Waals surface area contributed by atoms with Crippen LogP contribution in [0.15, 0.2) is 12.4 Å². The lowest BCUT2D eigenvalue weighted by Gasteiger charge is -2.17. The van der Waals surface area contributed by atoms with Crippen molar-refractivity contribution in [1.29, 1.82) is 0 Å². The van der Waals surface area contributed by atoms with E-state index in [4.69, 9.17) is 11.6 Å². The topological polar surface area (TPSA) is 47.7 Å². The zero-order chi connectivity index (χ0) is 17.4. The maximum Gasteiger partial charge on any atom is 0.408 e. The molecule has 2 aromatic heterocycles. The smallest absolute Gasteiger partial charge is 0.363 e. The van der Waals surface area contributed by atoms with E-state index in [2.05, 4.69) is 15.5 Å². The van der Waals surface area contributed by atoms with Crippen molar-refractivity contribution in [2.75, 3.05) is 5.32 Å². The summed E-state index contributed by atoms with van der Waals surface area (Å²) in [6, 6.07) is 0. The third-order valence-corrected chi connectivity index (χ3v) is 3.40. The van der Waals surface area contributed by atoms with Gasteiger partial charge in [0.2, 0.25) is 0 Å². The van der Waals surface area contributed by atoms with Gasteiger partial charge in [-0.05, 0) is 0 Å². The van der Waals surface area contributed by atoms with Crippen molar-refractivity contribution in [2.24, 2.45) is 7.05 Å². The summed E-state index contributed by atoms with van der Waals surface area (Å²) in [5, 5.41) is 11.4. The molecule has 0 aliphatic rings. The van der Waals surface area contributed by atoms with Crippen LogP contribution in [0.1, 0.15) is 32.0 Å². The van der Waals surface area contributed by atoms with Crippen LogP contribution in [0.3, 0.4) is 0 Å². The molecule has 5 nitrogen and oxygen atoms in total. The maximum absolute atomic E-state index is 12.4. The largest absolute Gasteiger partial charge is 0.408 e. The van der Waals surface area contributed by atoms with Gasteiger partial charge in [-0.1, -0.05) is 32.4 Å². The SMILES string of the molecule is Cn1cc(CNc2nn(CC(F)(F)F)cc2Cl)c(C(C)(C)C)n1. The molecule has 0 fully saturated rings. The monoisotopic (exact) mass is 349 g/mol. The molecule has 2 aromatic rings. The number of rotatable bonds is 4. The molecule has 0 aromatic carbocycles. The Bertz CT molecular complexity index is 682. The van der Waals surface area contributed by atoms with Crippen molar-refractivity contribution in [1.82, 2.24) is 19.6 Å². The number of hydrogen-bond acceptors (Lipinski definition) is 3. The van der Waals surface area contributed by atoms with E-state index >= 15 is 0 Å². The highest BCUT2D eigenvalue weighted by Crippen LogP contribution is 2.27. The first-order chi connectivity index (χ1) is 10.5. The molecule has 0 radical (unpaired) electrons. The molecule has 0 saturated carbocycles. The van der Waals surface area contributed by atoms with E-state index in [0.717, 1.165) is 22.1 Å². The van der Waals surface area contributed by atoms with E-state index in [9.17, 15) is 13.2 Å². The average Bonchev–Trinajstić information content (AvgIpc) is 2.87. The van der Waals surface area contributed by atoms with E-state index in [1.54, 1.807) is 4.68 Å². The fourth-order valence-electron chi connectivity index (χ4n) is 2.26. The molecule has 0 aliphatic carbocycles. The van der Waals surface area contributed by atoms with Crippen LogP contribution in [0.2, 0.25) is 5.02 Å². The third kappa shape index (κ3) is 4.63. The van der Waals surface area contributed by atoms with Crippen LogP contribution in [0.25, 0.3) is 0 Å². The fraction of sp³-hybridized carbons (Fsp3) is 0.571. The number of nitrogens with zero attached hydrogens (tertiary/aromatic N) is 4. The molecule has 0 spiro atoms. The molecule has 0 amide bonds. The molecule has 0 saturated heterocycles. The molecule has 2 rings (SSSR count). The molecule has 9 heteroatoms. The number of aryl methyl sites for hydroxylation is 1. The van der Waals surface area contributed by atoms with Crippen molar-refractivity contribution < 1.29 is 13.2 Å². The first kappa shape index (κ1) is 17.7. The zero-order valence-corrected chi connectivity index (χ0v) is 14.1. The summed E-state index contributed by atoms with van der Waals surface area (Å²) >= 11 is 5.94. The number of anilines is 1. The lowest BCUT2D eigenvalue weighted by Crippen LogP contribution is -2.18. The van der Waals surface area contributed by atoms with Gasteiger partial charge in [0.15, 0.2) is 5.82 Å². The molecular formula is C14H19ClF3N5. The summed E-state index contributed by atoms with van der Waals surface area (Å²) < 4.78 is 39.6. The van der Waals surface area contributed by atoms with Gasteiger partial charge in [-0.15, -0.1) is 0 Å². The van der Waals surface area contributed by atoms with Gasteiger partial charge in [0.1, 0.15) is 11.6 Å². The summed E-state index contributed by atoms with van der Waals surface area (Å²) in [4.78, 5) is 0. The quantitative estimate of drug-likeness (QED) is 0.914. The third-order valence-electron chi connectivity index (χ3n) is 3.12. The average molecular weight is 350 g/mol. The Morgan fingerprint density at radius 3 is 2.39 bits per heavy atom. The van der Waals surface area contributed by atoms with E-state index in [1.807, 2.05) is 34.0 Å². The van der Waals surface area contributed by atoms with Crippen LogP contribution in [-0.2, 0) is 25.6 Å². The van der Waals surface area contributed by atoms with Gasteiger partial charge in [0.05, 0.1) is 5.69 Å². The van der Waals surface area contributed by atoms with Crippen molar-refractivity contribution in [3.05, 3.63) is 28.7 Å². The summed E-state index contributed by atoms with van der Waals surface area (Å²) in [5.41, 5.74) is 1.72. The van der Waals surface area contributed by atoms with Gasteiger partial charge in [0, 0.05) is 37.0 Å². The Morgan fingerprint density at radius 2 is 1.83 bits per heavy atom. The number of hydrogen-bond donors (Lipinski definition) is 1. The highest BCUT2D eigenvalue weighted by molar-refractivity contribution is 6.32. The van der Waals surface area contributed by atoms with Crippen molar-refractivity contribution >= 4 is 17.4 Å². The number of aromatic nitrogens is 4. The summed E-state index contributed by atoms with van der Waals surface area (Å²) in [7, 11) is 1.82. The number of nitrogens with one attached hydrogen (secondary N) is 1. The van der Waals surface area contributed by atoms with E-state index < -0.39 is 12.7 Å². The van der Waals surface area contributed by atoms with Crippen molar-refractivity contribution in [3.8, 4) is 0 Å². The fourth-order valence-corrected chi connectivity index (χ4v) is 2.48. The van der Waals surface area contributed by atoms with Crippen LogP contribution in [-0.4, -0.2) is 25.7 Å². The molecule has 23 heavy (non-hydrogen) atoms. The Hall–Kier alpha value is -1.70. The molecule has 128 valence electrons. The molecule has 0 atom stereocenters. The van der Waals surface area contributed by atoms with Gasteiger partial charge < -0.3 is 5.32 Å². The van der Waals surface area contributed by atoms with Crippen LogP contribution in [0.5, 0.6) is 0 Å². The van der Waals surface area contributed by atoms with Gasteiger partial charge >= 0.3 is 6.18 Å². The minimum atomic E-state index is -4.34. The van der Waals surface area contributed by atoms with Crippen LogP contribution < -0.4 is 5.32 Å². The summed E-state index contributed by atoms with van der Waals surface area (Å²) in [6.07, 6.45) is -1.31. The number of halogens is 4. The highest BCUT2D eigenvalue weighted by atomic mass is 35.5. The summed E-state index contributed by atoms with van der Waals surface area (Å²) in [5.74, 6) is 0.222. The lowest BCUT2D eigenvalue weighted by molar-refractivity contribution is -0.142. The zero-order valence-electron chi connectivity index (χ0n) is 13.4. The standard InChI is InChI=1S/C14H19ClF3N5/c1-13(2,3)11-9(6-22(4)20-11)5-19-12-10(15)7-23(21-12)8-14(16,17)18/h6-7H,5,8H2,1-4H3,(H,19,21). The second kappa shape index (κ2) is 6.07. The van der Waals surface area contributed by atoms with Crippen molar-refractivity contribution in [2.45, 2.75) is 45.5 Å². The van der Waals surface area contributed by atoms with E-state index in [1.165, 1.54) is 0 Å². The number of alkyl halides is 3. The van der Waals surface area contributed by atoms with Gasteiger partial charge in [-0.3, -0.25) is 9.36 Å². The Balaban J connectivity index is 2.13. The maximum atomic E-state index is 12.4. The molecule has 0 aliphatic heterocycles. The minimum Gasteiger partial charge on any atom is -0.363 e. The predicted molar refractivity (Wildman–Crippen MR) is 82.5 cm³/mol.